The molecule has 9 heteroatoms. The minimum Gasteiger partial charge on any atom is -0.342 e. The van der Waals surface area contributed by atoms with Crippen LogP contribution < -0.4 is 21.7 Å². The van der Waals surface area contributed by atoms with Crippen molar-refractivity contribution in [3.8, 4) is 0 Å². The molecule has 2 aliphatic heterocycles. The van der Waals surface area contributed by atoms with Crippen molar-refractivity contribution in [3.63, 3.8) is 0 Å². The summed E-state index contributed by atoms with van der Waals surface area (Å²) in [6, 6.07) is 22.9. The van der Waals surface area contributed by atoms with E-state index >= 15 is 0 Å². The number of hydrogen-bond donors (Lipinski definition) is 4. The molecule has 3 aromatic carbocycles. The third kappa shape index (κ3) is 7.03. The zero-order chi connectivity index (χ0) is 29.5. The van der Waals surface area contributed by atoms with Crippen LogP contribution in [0, 0.1) is 0 Å². The van der Waals surface area contributed by atoms with Gasteiger partial charge in [-0.1, -0.05) is 84.9 Å². The molecule has 5 rings (SSSR count). The third-order valence-electron chi connectivity index (χ3n) is 7.98. The molecule has 42 heavy (non-hydrogen) atoms. The average molecular weight is 568 g/mol. The van der Waals surface area contributed by atoms with Crippen molar-refractivity contribution in [2.24, 2.45) is 5.73 Å². The molecular weight excluding hydrogens is 530 g/mol. The SMILES string of the molecule is NCc1ccc(C[C@H]2NC(=O)[C@H](Cc3ccccc3)NC(=O)[C@H]3CCCN3C(=O)[C@H](Cc3ccccc3)NC2=O)cc1. The topological polar surface area (TPSA) is 134 Å². The second-order valence-electron chi connectivity index (χ2n) is 11.0. The monoisotopic (exact) mass is 567 g/mol. The fourth-order valence-electron chi connectivity index (χ4n) is 5.68. The smallest absolute Gasteiger partial charge is 0.246 e. The zero-order valence-corrected chi connectivity index (χ0v) is 23.5. The molecule has 2 heterocycles. The summed E-state index contributed by atoms with van der Waals surface area (Å²) in [6.07, 6.45) is 1.86. The maximum atomic E-state index is 13.9. The first-order chi connectivity index (χ1) is 20.4. The summed E-state index contributed by atoms with van der Waals surface area (Å²) in [7, 11) is 0. The molecular formula is C33H37N5O4. The first-order valence-electron chi connectivity index (χ1n) is 14.5. The lowest BCUT2D eigenvalue weighted by atomic mass is 9.99. The van der Waals surface area contributed by atoms with Gasteiger partial charge in [0, 0.05) is 32.4 Å². The van der Waals surface area contributed by atoms with Crippen LogP contribution in [-0.2, 0) is 45.0 Å². The molecule has 0 radical (unpaired) electrons. The Morgan fingerprint density at radius 1 is 0.595 bits per heavy atom. The molecule has 4 amide bonds. The van der Waals surface area contributed by atoms with E-state index in [1.807, 2.05) is 84.9 Å². The molecule has 0 aliphatic carbocycles. The lowest BCUT2D eigenvalue weighted by Gasteiger charge is -2.32. The molecule has 0 saturated carbocycles. The Morgan fingerprint density at radius 2 is 1.05 bits per heavy atom. The number of carbonyl (C=O) groups excluding carboxylic acids is 4. The molecule has 4 atom stereocenters. The number of hydrogen-bond acceptors (Lipinski definition) is 5. The van der Waals surface area contributed by atoms with Crippen molar-refractivity contribution in [1.82, 2.24) is 20.9 Å². The summed E-state index contributed by atoms with van der Waals surface area (Å²) >= 11 is 0. The van der Waals surface area contributed by atoms with Crippen LogP contribution in [0.3, 0.4) is 0 Å². The van der Waals surface area contributed by atoms with Crippen LogP contribution in [0.2, 0.25) is 0 Å². The van der Waals surface area contributed by atoms with Gasteiger partial charge in [-0.05, 0) is 35.1 Å². The zero-order valence-electron chi connectivity index (χ0n) is 23.5. The largest absolute Gasteiger partial charge is 0.342 e. The number of rotatable bonds is 7. The van der Waals surface area contributed by atoms with Crippen molar-refractivity contribution in [3.05, 3.63) is 107 Å². The van der Waals surface area contributed by atoms with Gasteiger partial charge in [0.1, 0.15) is 24.2 Å². The standard InChI is InChI=1S/C33H37N5O4/c34-21-25-15-13-24(14-16-25)19-26-31(40)37-28(20-23-10-5-2-6-11-23)33(42)38-17-7-12-29(38)32(41)36-27(30(39)35-26)18-22-8-3-1-4-9-22/h1-6,8-11,13-16,26-29H,7,12,17-21,34H2,(H,35,39)(H,36,41)(H,37,40)/t26-,27+,28+,29-/m1/s1. The fourth-order valence-corrected chi connectivity index (χ4v) is 5.68. The Kier molecular flexibility index (Phi) is 9.28. The Labute approximate surface area is 245 Å². The van der Waals surface area contributed by atoms with E-state index in [1.54, 1.807) is 4.90 Å². The Hall–Kier alpha value is -4.50. The summed E-state index contributed by atoms with van der Waals surface area (Å²) in [6.45, 7) is 0.799. The molecule has 218 valence electrons. The molecule has 0 spiro atoms. The van der Waals surface area contributed by atoms with Crippen molar-refractivity contribution in [1.29, 1.82) is 0 Å². The maximum absolute atomic E-state index is 13.9. The van der Waals surface area contributed by atoms with Crippen molar-refractivity contribution >= 4 is 23.6 Å². The van der Waals surface area contributed by atoms with Crippen LogP contribution in [-0.4, -0.2) is 59.2 Å². The maximum Gasteiger partial charge on any atom is 0.246 e. The molecule has 5 N–H and O–H groups in total. The van der Waals surface area contributed by atoms with E-state index in [0.717, 1.165) is 22.3 Å². The molecule has 3 aromatic rings. The van der Waals surface area contributed by atoms with E-state index in [0.29, 0.717) is 25.9 Å². The Bertz CT molecular complexity index is 1400. The highest BCUT2D eigenvalue weighted by molar-refractivity contribution is 5.98. The van der Waals surface area contributed by atoms with Gasteiger partial charge in [-0.3, -0.25) is 19.2 Å². The number of benzene rings is 3. The van der Waals surface area contributed by atoms with Crippen LogP contribution in [0.25, 0.3) is 0 Å². The number of amides is 4. The van der Waals surface area contributed by atoms with Crippen LogP contribution in [0.15, 0.2) is 84.9 Å². The third-order valence-corrected chi connectivity index (χ3v) is 7.98. The average Bonchev–Trinajstić information content (AvgIpc) is 3.51. The summed E-state index contributed by atoms with van der Waals surface area (Å²) in [5, 5.41) is 8.75. The van der Waals surface area contributed by atoms with Gasteiger partial charge in [0.2, 0.25) is 23.6 Å². The fraction of sp³-hybridized carbons (Fsp3) is 0.333. The second kappa shape index (κ2) is 13.4. The van der Waals surface area contributed by atoms with Crippen LogP contribution >= 0.6 is 0 Å². The number of nitrogens with two attached hydrogens (primary N) is 1. The molecule has 2 fully saturated rings. The predicted molar refractivity (Wildman–Crippen MR) is 159 cm³/mol. The van der Waals surface area contributed by atoms with Crippen molar-refractivity contribution in [2.75, 3.05) is 6.54 Å². The highest BCUT2D eigenvalue weighted by Crippen LogP contribution is 2.21. The number of nitrogens with one attached hydrogen (secondary N) is 3. The molecule has 2 saturated heterocycles. The predicted octanol–water partition coefficient (Wildman–Crippen LogP) is 1.63. The minimum absolute atomic E-state index is 0.201. The second-order valence-corrected chi connectivity index (χ2v) is 11.0. The highest BCUT2D eigenvalue weighted by Gasteiger charge is 2.40. The van der Waals surface area contributed by atoms with Gasteiger partial charge in [-0.25, -0.2) is 0 Å². The normalized spacial score (nSPS) is 23.2. The van der Waals surface area contributed by atoms with E-state index in [4.69, 9.17) is 5.73 Å². The lowest BCUT2D eigenvalue weighted by Crippen LogP contribution is -2.62. The van der Waals surface area contributed by atoms with E-state index in [9.17, 15) is 19.2 Å². The van der Waals surface area contributed by atoms with E-state index in [2.05, 4.69) is 16.0 Å². The highest BCUT2D eigenvalue weighted by atomic mass is 16.2. The quantitative estimate of drug-likeness (QED) is 0.345. The van der Waals surface area contributed by atoms with Gasteiger partial charge in [-0.2, -0.15) is 0 Å². The van der Waals surface area contributed by atoms with E-state index in [-0.39, 0.29) is 31.1 Å². The van der Waals surface area contributed by atoms with Gasteiger partial charge in [0.15, 0.2) is 0 Å². The molecule has 0 unspecified atom stereocenters. The lowest BCUT2D eigenvalue weighted by molar-refractivity contribution is -0.143. The number of fused-ring (bicyclic) bond motifs is 1. The summed E-state index contributed by atoms with van der Waals surface area (Å²) in [4.78, 5) is 56.7. The summed E-state index contributed by atoms with van der Waals surface area (Å²) in [5.41, 5.74) is 9.27. The van der Waals surface area contributed by atoms with Gasteiger partial charge in [0.25, 0.3) is 0 Å². The Morgan fingerprint density at radius 3 is 1.60 bits per heavy atom. The van der Waals surface area contributed by atoms with E-state index in [1.165, 1.54) is 0 Å². The summed E-state index contributed by atoms with van der Waals surface area (Å²) in [5.74, 6) is -1.58. The summed E-state index contributed by atoms with van der Waals surface area (Å²) < 4.78 is 0. The Balaban J connectivity index is 1.48. The molecule has 9 nitrogen and oxygen atoms in total. The van der Waals surface area contributed by atoms with Gasteiger partial charge < -0.3 is 26.6 Å². The minimum atomic E-state index is -0.976. The number of carbonyl (C=O) groups is 4. The van der Waals surface area contributed by atoms with Gasteiger partial charge >= 0.3 is 0 Å². The number of nitrogens with zero attached hydrogens (tertiary/aromatic N) is 1. The van der Waals surface area contributed by atoms with Crippen molar-refractivity contribution < 1.29 is 19.2 Å². The van der Waals surface area contributed by atoms with Gasteiger partial charge in [-0.15, -0.1) is 0 Å². The molecule has 0 aromatic heterocycles. The van der Waals surface area contributed by atoms with Gasteiger partial charge in [0.05, 0.1) is 0 Å². The molecule has 0 bridgehead atoms. The first kappa shape index (κ1) is 29.0. The van der Waals surface area contributed by atoms with Crippen molar-refractivity contribution in [2.45, 2.75) is 62.8 Å². The van der Waals surface area contributed by atoms with Crippen LogP contribution in [0.5, 0.6) is 0 Å². The van der Waals surface area contributed by atoms with Crippen LogP contribution in [0.1, 0.15) is 35.1 Å². The van der Waals surface area contributed by atoms with Crippen LogP contribution in [0.4, 0.5) is 0 Å². The molecule has 2 aliphatic rings. The van der Waals surface area contributed by atoms with E-state index < -0.39 is 36.0 Å². The first-order valence-corrected chi connectivity index (χ1v) is 14.5.